The molecule has 0 radical (unpaired) electrons. The minimum Gasteiger partial charge on any atom is -0.493 e. The number of amides is 1. The molecule has 0 unspecified atom stereocenters. The van der Waals surface area contributed by atoms with Gasteiger partial charge < -0.3 is 30.4 Å². The highest BCUT2D eigenvalue weighted by Crippen LogP contribution is 2.36. The van der Waals surface area contributed by atoms with Gasteiger partial charge >= 0.3 is 5.69 Å². The van der Waals surface area contributed by atoms with E-state index in [9.17, 15) is 19.8 Å². The zero-order valence-electron chi connectivity index (χ0n) is 20.8. The molecule has 11 heteroatoms. The number of halogens is 2. The lowest BCUT2D eigenvalue weighted by molar-refractivity contribution is -0.120. The van der Waals surface area contributed by atoms with Crippen molar-refractivity contribution >= 4 is 45.8 Å². The molecule has 4 rings (SSSR count). The largest absolute Gasteiger partial charge is 0.493 e. The third-order valence-electron chi connectivity index (χ3n) is 6.23. The van der Waals surface area contributed by atoms with Gasteiger partial charge in [-0.05, 0) is 70.6 Å². The van der Waals surface area contributed by atoms with Crippen LogP contribution >= 0.6 is 34.2 Å². The number of nitrogens with one attached hydrogen (secondary N) is 2. The lowest BCUT2D eigenvalue weighted by atomic mass is 9.92. The van der Waals surface area contributed by atoms with E-state index in [2.05, 4.69) is 32.9 Å². The van der Waals surface area contributed by atoms with E-state index in [1.54, 1.807) is 49.4 Å². The van der Waals surface area contributed by atoms with Crippen molar-refractivity contribution < 1.29 is 24.9 Å². The van der Waals surface area contributed by atoms with Crippen molar-refractivity contribution in [1.29, 1.82) is 0 Å². The van der Waals surface area contributed by atoms with E-state index in [1.165, 1.54) is 0 Å². The first-order chi connectivity index (χ1) is 18.7. The number of benzene rings is 3. The van der Waals surface area contributed by atoms with Crippen LogP contribution in [0, 0.1) is 3.57 Å². The molecule has 0 saturated carbocycles. The van der Waals surface area contributed by atoms with E-state index in [0.29, 0.717) is 22.0 Å². The number of aromatic amines is 1. The number of anilines is 1. The topological polar surface area (TPSA) is 137 Å². The van der Waals surface area contributed by atoms with Crippen LogP contribution in [0.25, 0.3) is 11.3 Å². The Kier molecular flexibility index (Phi) is 9.33. The molecule has 5 N–H and O–H groups in total. The summed E-state index contributed by atoms with van der Waals surface area (Å²) in [6, 6.07) is 19.8. The highest BCUT2D eigenvalue weighted by molar-refractivity contribution is 14.1. The number of carbonyl (C=O) groups excluding carboxylic acids is 1. The second kappa shape index (κ2) is 12.7. The predicted octanol–water partition coefficient (Wildman–Crippen LogP) is 4.52. The Morgan fingerprint density at radius 2 is 1.82 bits per heavy atom. The number of aliphatic hydroxyl groups is 2. The number of hydrogen-bond acceptors (Lipinski definition) is 6. The van der Waals surface area contributed by atoms with E-state index < -0.39 is 42.1 Å². The first kappa shape index (κ1) is 28.7. The molecule has 39 heavy (non-hydrogen) atoms. The van der Waals surface area contributed by atoms with Gasteiger partial charge in [0, 0.05) is 15.1 Å². The van der Waals surface area contributed by atoms with Gasteiger partial charge in [-0.25, -0.2) is 9.36 Å². The average Bonchev–Trinajstić information content (AvgIpc) is 3.23. The summed E-state index contributed by atoms with van der Waals surface area (Å²) in [7, 11) is 0. The molecule has 0 aliphatic carbocycles. The molecule has 0 saturated heterocycles. The lowest BCUT2D eigenvalue weighted by Gasteiger charge is -2.25. The van der Waals surface area contributed by atoms with E-state index >= 15 is 0 Å². The van der Waals surface area contributed by atoms with E-state index in [1.807, 2.05) is 30.3 Å². The molecule has 0 fully saturated rings. The van der Waals surface area contributed by atoms with Crippen LogP contribution in [0.5, 0.6) is 11.6 Å². The molecule has 3 atom stereocenters. The van der Waals surface area contributed by atoms with Crippen molar-refractivity contribution in [3.05, 3.63) is 97.4 Å². The average molecular weight is 664 g/mol. The van der Waals surface area contributed by atoms with Gasteiger partial charge in [0.2, 0.25) is 11.8 Å². The molecule has 0 aliphatic heterocycles. The Labute approximate surface area is 243 Å². The summed E-state index contributed by atoms with van der Waals surface area (Å²) in [5.74, 6) is -1.00. The van der Waals surface area contributed by atoms with Gasteiger partial charge in [-0.15, -0.1) is 0 Å². The Morgan fingerprint density at radius 1 is 1.13 bits per heavy atom. The van der Waals surface area contributed by atoms with Crippen LogP contribution in [0.4, 0.5) is 5.69 Å². The first-order valence-electron chi connectivity index (χ1n) is 12.1. The molecule has 1 aromatic heterocycles. The van der Waals surface area contributed by atoms with Crippen molar-refractivity contribution in [3.63, 3.8) is 0 Å². The lowest BCUT2D eigenvalue weighted by Crippen LogP contribution is -2.35. The van der Waals surface area contributed by atoms with Gasteiger partial charge in [-0.2, -0.15) is 0 Å². The summed E-state index contributed by atoms with van der Waals surface area (Å²) in [6.07, 6.45) is -1.01. The van der Waals surface area contributed by atoms with E-state index in [4.69, 9.17) is 21.4 Å². The second-order valence-corrected chi connectivity index (χ2v) is 10.6. The number of aliphatic hydroxyl groups excluding tert-OH is 2. The Balaban J connectivity index is 1.71. The standard InChI is InChI=1S/C28H27ClIN3O6/c1-16(17-5-3-2-4-6-17)25(26(36)31-23-12-9-19(30)13-22(23)29)33-27(37)24(32-28(33)38)18-7-10-21(11-8-18)39-15-20(35)14-34/h2-13,16,20,25,34-35,37H,14-15H2,1H3,(H,31,36)(H,32,38)/t16-,20-,25-/m0/s1. The van der Waals surface area contributed by atoms with Crippen molar-refractivity contribution in [2.75, 3.05) is 18.5 Å². The number of ether oxygens (including phenoxy) is 1. The summed E-state index contributed by atoms with van der Waals surface area (Å²) in [5.41, 5.74) is 1.13. The maximum Gasteiger partial charge on any atom is 0.329 e. The summed E-state index contributed by atoms with van der Waals surface area (Å²) >= 11 is 8.46. The van der Waals surface area contributed by atoms with Gasteiger partial charge in [-0.3, -0.25) is 4.79 Å². The van der Waals surface area contributed by atoms with E-state index in [0.717, 1.165) is 13.7 Å². The third kappa shape index (κ3) is 6.64. The zero-order chi connectivity index (χ0) is 28.1. The number of imidazole rings is 1. The highest BCUT2D eigenvalue weighted by Gasteiger charge is 2.33. The number of carbonyl (C=O) groups is 1. The van der Waals surface area contributed by atoms with Crippen LogP contribution in [-0.2, 0) is 4.79 Å². The van der Waals surface area contributed by atoms with Crippen LogP contribution in [0.3, 0.4) is 0 Å². The molecule has 9 nitrogen and oxygen atoms in total. The third-order valence-corrected chi connectivity index (χ3v) is 7.22. The van der Waals surface area contributed by atoms with Gasteiger partial charge in [0.1, 0.15) is 30.2 Å². The van der Waals surface area contributed by atoms with Crippen LogP contribution in [-0.4, -0.2) is 50.1 Å². The first-order valence-corrected chi connectivity index (χ1v) is 13.5. The van der Waals surface area contributed by atoms with Crippen molar-refractivity contribution in [2.24, 2.45) is 0 Å². The SMILES string of the molecule is C[C@@H](c1ccccc1)[C@@H](C(=O)Nc1ccc(I)cc1Cl)n1c(O)c(-c2ccc(OC[C@@H](O)CO)cc2)[nH]c1=O. The Bertz CT molecular complexity index is 1490. The van der Waals surface area contributed by atoms with E-state index in [-0.39, 0.29) is 12.3 Å². The Morgan fingerprint density at radius 3 is 2.46 bits per heavy atom. The molecule has 1 heterocycles. The normalized spacial score (nSPS) is 13.5. The summed E-state index contributed by atoms with van der Waals surface area (Å²) in [5, 5.41) is 32.8. The molecular formula is C28H27ClIN3O6. The number of hydrogen-bond donors (Lipinski definition) is 5. The number of aromatic nitrogens is 2. The molecule has 4 aromatic rings. The van der Waals surface area contributed by atoms with Crippen LogP contribution in [0.2, 0.25) is 5.02 Å². The molecule has 0 aliphatic rings. The smallest absolute Gasteiger partial charge is 0.329 e. The van der Waals surface area contributed by atoms with Gasteiger partial charge in [0.05, 0.1) is 17.3 Å². The van der Waals surface area contributed by atoms with Crippen LogP contribution in [0.1, 0.15) is 24.4 Å². The van der Waals surface area contributed by atoms with Crippen LogP contribution in [0.15, 0.2) is 77.6 Å². The second-order valence-electron chi connectivity index (χ2n) is 8.93. The maximum absolute atomic E-state index is 13.7. The fourth-order valence-electron chi connectivity index (χ4n) is 4.17. The fourth-order valence-corrected chi connectivity index (χ4v) is 5.07. The molecule has 0 bridgehead atoms. The molecule has 0 spiro atoms. The summed E-state index contributed by atoms with van der Waals surface area (Å²) < 4.78 is 7.36. The zero-order valence-corrected chi connectivity index (χ0v) is 23.8. The number of rotatable bonds is 10. The van der Waals surface area contributed by atoms with Crippen molar-refractivity contribution in [2.45, 2.75) is 25.0 Å². The van der Waals surface area contributed by atoms with Gasteiger partial charge in [0.15, 0.2) is 0 Å². The molecular weight excluding hydrogens is 637 g/mol. The summed E-state index contributed by atoms with van der Waals surface area (Å²) in [6.45, 7) is 1.29. The van der Waals surface area contributed by atoms with Crippen LogP contribution < -0.4 is 15.7 Å². The summed E-state index contributed by atoms with van der Waals surface area (Å²) in [4.78, 5) is 29.6. The van der Waals surface area contributed by atoms with Gasteiger partial charge in [0.25, 0.3) is 0 Å². The number of H-pyrrole nitrogens is 1. The van der Waals surface area contributed by atoms with Crippen molar-refractivity contribution in [1.82, 2.24) is 9.55 Å². The maximum atomic E-state index is 13.7. The number of aromatic hydroxyl groups is 1. The predicted molar refractivity (Wildman–Crippen MR) is 157 cm³/mol. The molecule has 3 aromatic carbocycles. The minimum atomic E-state index is -1.12. The van der Waals surface area contributed by atoms with Gasteiger partial charge in [-0.1, -0.05) is 48.9 Å². The Hall–Kier alpha value is -3.32. The fraction of sp³-hybridized carbons (Fsp3) is 0.214. The highest BCUT2D eigenvalue weighted by atomic mass is 127. The van der Waals surface area contributed by atoms with Crippen molar-refractivity contribution in [3.8, 4) is 22.9 Å². The monoisotopic (exact) mass is 663 g/mol. The molecule has 204 valence electrons. The quantitative estimate of drug-likeness (QED) is 0.158. The number of nitrogens with zero attached hydrogens (tertiary/aromatic N) is 1. The minimum absolute atomic E-state index is 0.0902. The molecule has 1 amide bonds.